The van der Waals surface area contributed by atoms with Crippen molar-refractivity contribution in [3.05, 3.63) is 90.1 Å². The maximum absolute atomic E-state index is 12.1. The Kier molecular flexibility index (Phi) is 7.51. The van der Waals surface area contributed by atoms with Crippen LogP contribution in [0.2, 0.25) is 0 Å². The number of fused-ring (bicyclic) bond motifs is 1. The second kappa shape index (κ2) is 10.5. The number of nitrogens with zero attached hydrogens (tertiary/aromatic N) is 1. The predicted octanol–water partition coefficient (Wildman–Crippen LogP) is 6.39. The molecule has 0 saturated carbocycles. The van der Waals surface area contributed by atoms with Gasteiger partial charge in [-0.2, -0.15) is 0 Å². The van der Waals surface area contributed by atoms with E-state index in [1.54, 1.807) is 13.1 Å². The van der Waals surface area contributed by atoms with Gasteiger partial charge in [-0.1, -0.05) is 62.4 Å². The lowest BCUT2D eigenvalue weighted by atomic mass is 9.81. The third kappa shape index (κ3) is 6.08. The van der Waals surface area contributed by atoms with E-state index in [1.165, 1.54) is 13.4 Å². The lowest BCUT2D eigenvalue weighted by Crippen LogP contribution is -2.22. The highest BCUT2D eigenvalue weighted by Crippen LogP contribution is 2.34. The maximum atomic E-state index is 12.1. The molecule has 0 bridgehead atoms. The maximum Gasteiger partial charge on any atom is 0.306 e. The molecule has 5 nitrogen and oxygen atoms in total. The molecule has 0 fully saturated rings. The smallest absolute Gasteiger partial charge is 0.306 e. The first-order chi connectivity index (χ1) is 17.5. The van der Waals surface area contributed by atoms with Crippen LogP contribution in [0.3, 0.4) is 0 Å². The van der Waals surface area contributed by atoms with E-state index in [-0.39, 0.29) is 11.4 Å². The number of carbonyl (C=O) groups is 1. The normalized spacial score (nSPS) is 12.9. The minimum atomic E-state index is -3.14. The molecule has 0 spiro atoms. The number of hydrogen-bond acceptors (Lipinski definition) is 5. The van der Waals surface area contributed by atoms with E-state index in [2.05, 4.69) is 53.5 Å². The van der Waals surface area contributed by atoms with E-state index in [1.807, 2.05) is 38.1 Å². The van der Waals surface area contributed by atoms with Crippen LogP contribution in [-0.2, 0) is 31.2 Å². The number of aromatic nitrogens is 1. The summed E-state index contributed by atoms with van der Waals surface area (Å²) in [5, 5.41) is 0.515. The third-order valence-corrected chi connectivity index (χ3v) is 8.63. The van der Waals surface area contributed by atoms with Crippen LogP contribution in [0.1, 0.15) is 38.3 Å². The van der Waals surface area contributed by atoms with Crippen LogP contribution in [-0.4, -0.2) is 38.0 Å². The molecule has 1 aromatic heterocycles. The number of rotatable bonds is 8. The molecule has 192 valence electrons. The molecule has 37 heavy (non-hydrogen) atoms. The van der Waals surface area contributed by atoms with Gasteiger partial charge in [0.05, 0.1) is 24.3 Å². The number of esters is 1. The number of ether oxygens (including phenoxy) is 1. The molecule has 4 rings (SSSR count). The molecule has 0 saturated heterocycles. The van der Waals surface area contributed by atoms with Gasteiger partial charge in [0.25, 0.3) is 0 Å². The van der Waals surface area contributed by atoms with Crippen LogP contribution >= 0.6 is 0 Å². The van der Waals surface area contributed by atoms with Crippen LogP contribution in [0.15, 0.2) is 79.0 Å². The van der Waals surface area contributed by atoms with Gasteiger partial charge in [0, 0.05) is 28.8 Å². The third-order valence-electron chi connectivity index (χ3n) is 7.01. The average molecular weight is 516 g/mol. The van der Waals surface area contributed by atoms with Crippen molar-refractivity contribution in [3.8, 4) is 22.3 Å². The van der Waals surface area contributed by atoms with Crippen molar-refractivity contribution >= 4 is 26.7 Å². The van der Waals surface area contributed by atoms with E-state index in [0.29, 0.717) is 12.8 Å². The zero-order valence-electron chi connectivity index (χ0n) is 22.0. The van der Waals surface area contributed by atoms with Gasteiger partial charge < -0.3 is 4.74 Å². The highest BCUT2D eigenvalue weighted by molar-refractivity contribution is 7.91. The highest BCUT2D eigenvalue weighted by Gasteiger charge is 2.25. The summed E-state index contributed by atoms with van der Waals surface area (Å²) in [7, 11) is -1.73. The number of pyridine rings is 1. The Hall–Kier alpha value is -3.51. The van der Waals surface area contributed by atoms with Gasteiger partial charge >= 0.3 is 5.97 Å². The molecule has 0 aliphatic heterocycles. The van der Waals surface area contributed by atoms with E-state index in [4.69, 9.17) is 4.74 Å². The molecule has 0 amide bonds. The van der Waals surface area contributed by atoms with Crippen LogP contribution < -0.4 is 0 Å². The van der Waals surface area contributed by atoms with Crippen molar-refractivity contribution in [3.63, 3.8) is 0 Å². The number of carbonyl (C=O) groups excluding carboxylic acids is 1. The molecular weight excluding hydrogens is 482 g/mol. The second-order valence-corrected chi connectivity index (χ2v) is 12.8. The van der Waals surface area contributed by atoms with Gasteiger partial charge in [-0.05, 0) is 65.4 Å². The average Bonchev–Trinajstić information content (AvgIpc) is 2.87. The fraction of sp³-hybridized carbons (Fsp3) is 0.290. The first-order valence-electron chi connectivity index (χ1n) is 12.3. The minimum absolute atomic E-state index is 0.226. The van der Waals surface area contributed by atoms with Gasteiger partial charge in [-0.3, -0.25) is 9.78 Å². The van der Waals surface area contributed by atoms with Gasteiger partial charge in [-0.15, -0.1) is 0 Å². The number of sulfone groups is 1. The summed E-state index contributed by atoms with van der Waals surface area (Å²) in [6, 6.07) is 24.6. The van der Waals surface area contributed by atoms with Crippen molar-refractivity contribution < 1.29 is 17.9 Å². The van der Waals surface area contributed by atoms with Crippen LogP contribution in [0, 0.1) is 0 Å². The molecule has 0 aliphatic rings. The summed E-state index contributed by atoms with van der Waals surface area (Å²) in [6.07, 6.45) is 3.82. The van der Waals surface area contributed by atoms with Crippen molar-refractivity contribution in [2.75, 3.05) is 13.4 Å². The zero-order chi connectivity index (χ0) is 26.8. The van der Waals surface area contributed by atoms with Gasteiger partial charge in [0.2, 0.25) is 0 Å². The molecule has 0 N–H and O–H groups in total. The molecule has 4 aromatic rings. The lowest BCUT2D eigenvalue weighted by Gasteiger charge is -2.24. The summed E-state index contributed by atoms with van der Waals surface area (Å²) in [6.45, 7) is 5.82. The Bertz CT molecular complexity index is 1540. The summed E-state index contributed by atoms with van der Waals surface area (Å²) in [5.41, 5.74) is 6.72. The molecule has 1 atom stereocenters. The van der Waals surface area contributed by atoms with Gasteiger partial charge in [0.1, 0.15) is 9.84 Å². The number of hydrogen-bond donors (Lipinski definition) is 0. The monoisotopic (exact) mass is 515 g/mol. The summed E-state index contributed by atoms with van der Waals surface area (Å²) in [4.78, 5) is 16.5. The van der Waals surface area contributed by atoms with E-state index < -0.39 is 15.1 Å². The van der Waals surface area contributed by atoms with Crippen molar-refractivity contribution in [2.45, 2.75) is 44.3 Å². The molecule has 1 unspecified atom stereocenters. The quantitative estimate of drug-likeness (QED) is 0.254. The molecule has 0 radical (unpaired) electrons. The Morgan fingerprint density at radius 3 is 2.32 bits per heavy atom. The van der Waals surface area contributed by atoms with Crippen LogP contribution in [0.5, 0.6) is 0 Å². The Morgan fingerprint density at radius 2 is 1.65 bits per heavy atom. The van der Waals surface area contributed by atoms with Crippen molar-refractivity contribution in [1.82, 2.24) is 4.98 Å². The largest absolute Gasteiger partial charge is 0.469 e. The summed E-state index contributed by atoms with van der Waals surface area (Å²) < 4.78 is 29.0. The Morgan fingerprint density at radius 1 is 0.946 bits per heavy atom. The van der Waals surface area contributed by atoms with E-state index in [9.17, 15) is 13.2 Å². The Labute approximate surface area is 219 Å². The fourth-order valence-corrected chi connectivity index (χ4v) is 5.09. The lowest BCUT2D eigenvalue weighted by molar-refractivity contribution is -0.141. The number of methoxy groups -OCH3 is 1. The molecule has 6 heteroatoms. The number of benzene rings is 3. The molecule has 1 heterocycles. The first-order valence-corrected chi connectivity index (χ1v) is 14.3. The standard InChI is InChI=1S/C31H33NO4S/c1-21(37(5,34)35)16-22-17-26-10-7-15-32-30(26)28(18-22)25-9-6-8-24(19-25)23-11-13-27(14-12-23)31(2,3)20-29(33)36-4/h6-15,17-19,21H,16,20H2,1-5H3. The first kappa shape index (κ1) is 26.6. The molecule has 0 aliphatic carbocycles. The topological polar surface area (TPSA) is 73.3 Å². The van der Waals surface area contributed by atoms with Crippen LogP contribution in [0.25, 0.3) is 33.2 Å². The predicted molar refractivity (Wildman–Crippen MR) is 150 cm³/mol. The van der Waals surface area contributed by atoms with Crippen molar-refractivity contribution in [2.24, 2.45) is 0 Å². The summed E-state index contributed by atoms with van der Waals surface area (Å²) in [5.74, 6) is -0.226. The highest BCUT2D eigenvalue weighted by atomic mass is 32.2. The minimum Gasteiger partial charge on any atom is -0.469 e. The fourth-order valence-electron chi connectivity index (χ4n) is 4.59. The van der Waals surface area contributed by atoms with Crippen LogP contribution in [0.4, 0.5) is 0 Å². The Balaban J connectivity index is 1.71. The molecule has 3 aromatic carbocycles. The van der Waals surface area contributed by atoms with E-state index >= 15 is 0 Å². The second-order valence-electron chi connectivity index (χ2n) is 10.4. The SMILES string of the molecule is COC(=O)CC(C)(C)c1ccc(-c2cccc(-c3cc(CC(C)S(C)(=O)=O)cc4cccnc34)c2)cc1. The van der Waals surface area contributed by atoms with Gasteiger partial charge in [-0.25, -0.2) is 8.42 Å². The van der Waals surface area contributed by atoms with E-state index in [0.717, 1.165) is 44.3 Å². The summed E-state index contributed by atoms with van der Waals surface area (Å²) >= 11 is 0. The van der Waals surface area contributed by atoms with Gasteiger partial charge in [0.15, 0.2) is 0 Å². The zero-order valence-corrected chi connectivity index (χ0v) is 22.8. The van der Waals surface area contributed by atoms with Crippen molar-refractivity contribution in [1.29, 1.82) is 0 Å². The molecular formula is C31H33NO4S.